The van der Waals surface area contributed by atoms with Crippen molar-refractivity contribution in [2.75, 3.05) is 13.7 Å². The molecule has 1 rings (SSSR count). The van der Waals surface area contributed by atoms with Crippen LogP contribution in [0.4, 0.5) is 0 Å². The van der Waals surface area contributed by atoms with Gasteiger partial charge in [0.1, 0.15) is 0 Å². The second-order valence-electron chi connectivity index (χ2n) is 5.58. The van der Waals surface area contributed by atoms with Gasteiger partial charge in [-0.3, -0.25) is 0 Å². The van der Waals surface area contributed by atoms with E-state index in [4.69, 9.17) is 4.74 Å². The molecule has 0 aromatic heterocycles. The molecule has 0 spiro atoms. The molecule has 2 nitrogen and oxygen atoms in total. The van der Waals surface area contributed by atoms with Crippen molar-refractivity contribution < 1.29 is 4.74 Å². The van der Waals surface area contributed by atoms with Gasteiger partial charge in [0.2, 0.25) is 0 Å². The molecule has 1 atom stereocenters. The third-order valence-electron chi connectivity index (χ3n) is 3.44. The molecule has 0 saturated carbocycles. The SMILES string of the molecule is CCOC(C)(C)C(NC)c1ccc(C(C)C)cc1. The van der Waals surface area contributed by atoms with Gasteiger partial charge in [0, 0.05) is 6.61 Å². The third-order valence-corrected chi connectivity index (χ3v) is 3.44. The maximum Gasteiger partial charge on any atom is 0.0820 e. The number of ether oxygens (including phenoxy) is 1. The molecule has 0 fully saturated rings. The van der Waals surface area contributed by atoms with Crippen LogP contribution in [0.3, 0.4) is 0 Å². The van der Waals surface area contributed by atoms with Crippen LogP contribution >= 0.6 is 0 Å². The lowest BCUT2D eigenvalue weighted by Gasteiger charge is -2.34. The molecular formula is C16H27NO. The van der Waals surface area contributed by atoms with E-state index in [1.54, 1.807) is 0 Å². The first-order valence-electron chi connectivity index (χ1n) is 6.83. The van der Waals surface area contributed by atoms with E-state index in [1.807, 2.05) is 14.0 Å². The summed E-state index contributed by atoms with van der Waals surface area (Å²) in [4.78, 5) is 0. The van der Waals surface area contributed by atoms with Crippen LogP contribution in [-0.4, -0.2) is 19.3 Å². The molecule has 1 aromatic carbocycles. The maximum atomic E-state index is 5.85. The molecule has 1 unspecified atom stereocenters. The number of benzene rings is 1. The molecule has 0 radical (unpaired) electrons. The van der Waals surface area contributed by atoms with Gasteiger partial charge in [0.05, 0.1) is 11.6 Å². The van der Waals surface area contributed by atoms with E-state index in [9.17, 15) is 0 Å². The molecule has 0 amide bonds. The van der Waals surface area contributed by atoms with Crippen molar-refractivity contribution in [1.29, 1.82) is 0 Å². The Morgan fingerprint density at radius 2 is 1.61 bits per heavy atom. The molecule has 0 aliphatic carbocycles. The Kier molecular flexibility index (Phi) is 5.36. The highest BCUT2D eigenvalue weighted by Gasteiger charge is 2.30. The minimum Gasteiger partial charge on any atom is -0.374 e. The van der Waals surface area contributed by atoms with Gasteiger partial charge in [-0.25, -0.2) is 0 Å². The number of hydrogen-bond donors (Lipinski definition) is 1. The summed E-state index contributed by atoms with van der Waals surface area (Å²) in [7, 11) is 1.99. The highest BCUT2D eigenvalue weighted by molar-refractivity contribution is 5.28. The maximum absolute atomic E-state index is 5.85. The molecule has 1 N–H and O–H groups in total. The van der Waals surface area contributed by atoms with Gasteiger partial charge in [0.25, 0.3) is 0 Å². The summed E-state index contributed by atoms with van der Waals surface area (Å²) in [6, 6.07) is 9.05. The Balaban J connectivity index is 2.95. The monoisotopic (exact) mass is 249 g/mol. The van der Waals surface area contributed by atoms with Crippen molar-refractivity contribution in [3.05, 3.63) is 35.4 Å². The summed E-state index contributed by atoms with van der Waals surface area (Å²) in [6.45, 7) is 11.5. The van der Waals surface area contributed by atoms with Crippen molar-refractivity contribution >= 4 is 0 Å². The molecule has 0 heterocycles. The van der Waals surface area contributed by atoms with Crippen LogP contribution in [0.15, 0.2) is 24.3 Å². The zero-order valence-corrected chi connectivity index (χ0v) is 12.6. The smallest absolute Gasteiger partial charge is 0.0820 e. The first-order chi connectivity index (χ1) is 8.42. The molecule has 2 heteroatoms. The van der Waals surface area contributed by atoms with Gasteiger partial charge in [-0.1, -0.05) is 38.1 Å². The summed E-state index contributed by atoms with van der Waals surface area (Å²) < 4.78 is 5.85. The molecule has 0 aliphatic heterocycles. The highest BCUT2D eigenvalue weighted by atomic mass is 16.5. The summed E-state index contributed by atoms with van der Waals surface area (Å²) in [5.41, 5.74) is 2.45. The average Bonchev–Trinajstić information content (AvgIpc) is 2.30. The Morgan fingerprint density at radius 3 is 2.00 bits per heavy atom. The lowest BCUT2D eigenvalue weighted by Crippen LogP contribution is -2.40. The molecule has 102 valence electrons. The van der Waals surface area contributed by atoms with Crippen molar-refractivity contribution in [2.45, 2.75) is 52.2 Å². The fraction of sp³-hybridized carbons (Fsp3) is 0.625. The first kappa shape index (κ1) is 15.2. The predicted octanol–water partition coefficient (Wildman–Crippen LogP) is 3.89. The molecule has 0 bridgehead atoms. The minimum atomic E-state index is -0.206. The van der Waals surface area contributed by atoms with Crippen LogP contribution < -0.4 is 5.32 Å². The Bertz CT molecular complexity index is 354. The van der Waals surface area contributed by atoms with Gasteiger partial charge in [-0.15, -0.1) is 0 Å². The van der Waals surface area contributed by atoms with Gasteiger partial charge in [-0.2, -0.15) is 0 Å². The van der Waals surface area contributed by atoms with Gasteiger partial charge >= 0.3 is 0 Å². The quantitative estimate of drug-likeness (QED) is 0.826. The zero-order valence-electron chi connectivity index (χ0n) is 12.6. The zero-order chi connectivity index (χ0) is 13.8. The largest absolute Gasteiger partial charge is 0.374 e. The highest BCUT2D eigenvalue weighted by Crippen LogP contribution is 2.29. The normalized spacial score (nSPS) is 13.9. The van der Waals surface area contributed by atoms with E-state index >= 15 is 0 Å². The van der Waals surface area contributed by atoms with E-state index in [-0.39, 0.29) is 11.6 Å². The number of likely N-dealkylation sites (N-methyl/N-ethyl adjacent to an activating group) is 1. The topological polar surface area (TPSA) is 21.3 Å². The van der Waals surface area contributed by atoms with Crippen LogP contribution in [0.1, 0.15) is 57.7 Å². The second kappa shape index (κ2) is 6.35. The van der Waals surface area contributed by atoms with E-state index < -0.39 is 0 Å². The molecule has 0 saturated heterocycles. The third kappa shape index (κ3) is 3.56. The Morgan fingerprint density at radius 1 is 1.11 bits per heavy atom. The predicted molar refractivity (Wildman–Crippen MR) is 78.0 cm³/mol. The average molecular weight is 249 g/mol. The molecule has 1 aromatic rings. The van der Waals surface area contributed by atoms with Crippen molar-refractivity contribution in [3.63, 3.8) is 0 Å². The standard InChI is InChI=1S/C16H27NO/c1-7-18-16(4,5)15(17-6)14-10-8-13(9-11-14)12(2)3/h8-12,15,17H,7H2,1-6H3. The molecule has 0 aliphatic rings. The van der Waals surface area contributed by atoms with Crippen molar-refractivity contribution in [1.82, 2.24) is 5.32 Å². The molecular weight excluding hydrogens is 222 g/mol. The lowest BCUT2D eigenvalue weighted by atomic mass is 9.90. The number of hydrogen-bond acceptors (Lipinski definition) is 2. The van der Waals surface area contributed by atoms with Crippen LogP contribution in [0, 0.1) is 0 Å². The fourth-order valence-corrected chi connectivity index (χ4v) is 2.44. The number of rotatable bonds is 6. The Labute approximate surface area is 112 Å². The number of nitrogens with one attached hydrogen (secondary N) is 1. The molecule has 18 heavy (non-hydrogen) atoms. The van der Waals surface area contributed by atoms with Gasteiger partial charge in [-0.05, 0) is 44.9 Å². The van der Waals surface area contributed by atoms with E-state index in [0.717, 1.165) is 6.61 Å². The summed E-state index contributed by atoms with van der Waals surface area (Å²) in [6.07, 6.45) is 0. The summed E-state index contributed by atoms with van der Waals surface area (Å²) >= 11 is 0. The van der Waals surface area contributed by atoms with Gasteiger partial charge in [0.15, 0.2) is 0 Å². The lowest BCUT2D eigenvalue weighted by molar-refractivity contribution is -0.0374. The van der Waals surface area contributed by atoms with Crippen LogP contribution in [0.2, 0.25) is 0 Å². The van der Waals surface area contributed by atoms with Crippen molar-refractivity contribution in [2.24, 2.45) is 0 Å². The summed E-state index contributed by atoms with van der Waals surface area (Å²) in [5.74, 6) is 0.576. The van der Waals surface area contributed by atoms with Crippen LogP contribution in [0.25, 0.3) is 0 Å². The summed E-state index contributed by atoms with van der Waals surface area (Å²) in [5, 5.41) is 3.37. The van der Waals surface area contributed by atoms with E-state index in [1.165, 1.54) is 11.1 Å². The van der Waals surface area contributed by atoms with Crippen LogP contribution in [-0.2, 0) is 4.74 Å². The van der Waals surface area contributed by atoms with Gasteiger partial charge < -0.3 is 10.1 Å². The fourth-order valence-electron chi connectivity index (χ4n) is 2.44. The van der Waals surface area contributed by atoms with E-state index in [2.05, 4.69) is 57.3 Å². The van der Waals surface area contributed by atoms with Crippen molar-refractivity contribution in [3.8, 4) is 0 Å². The second-order valence-corrected chi connectivity index (χ2v) is 5.58. The van der Waals surface area contributed by atoms with E-state index in [0.29, 0.717) is 5.92 Å². The van der Waals surface area contributed by atoms with Crippen LogP contribution in [0.5, 0.6) is 0 Å². The first-order valence-corrected chi connectivity index (χ1v) is 6.83. The Hall–Kier alpha value is -0.860. The minimum absolute atomic E-state index is 0.206.